The number of benzene rings is 3. The number of carbonyl (C=O) groups excluding carboxylic acids is 3. The van der Waals surface area contributed by atoms with Crippen molar-refractivity contribution < 1.29 is 24.2 Å². The minimum atomic E-state index is -1.18. The van der Waals surface area contributed by atoms with E-state index in [9.17, 15) is 19.5 Å². The largest absolute Gasteiger partial charge is 0.508 e. The Morgan fingerprint density at radius 2 is 1.52 bits per heavy atom. The summed E-state index contributed by atoms with van der Waals surface area (Å²) in [5.41, 5.74) is 0.118. The van der Waals surface area contributed by atoms with Crippen LogP contribution in [0.15, 0.2) is 66.7 Å². The summed E-state index contributed by atoms with van der Waals surface area (Å²) in [5.74, 6) is -0.867. The van der Waals surface area contributed by atoms with Gasteiger partial charge in [-0.2, -0.15) is 0 Å². The van der Waals surface area contributed by atoms with Gasteiger partial charge in [0.25, 0.3) is 5.91 Å². The Balaban J connectivity index is 2.12. The van der Waals surface area contributed by atoms with E-state index in [0.29, 0.717) is 30.0 Å². The number of phenolic OH excluding ortho intramolecular Hbond substituents is 1. The Morgan fingerprint density at radius 1 is 0.886 bits per heavy atom. The van der Waals surface area contributed by atoms with E-state index in [-0.39, 0.29) is 11.7 Å². The Kier molecular flexibility index (Phi) is 11.8. The van der Waals surface area contributed by atoms with Crippen molar-refractivity contribution in [2.24, 2.45) is 11.8 Å². The monoisotopic (exact) mass is 603 g/mol. The van der Waals surface area contributed by atoms with Crippen molar-refractivity contribution in [1.29, 1.82) is 0 Å². The van der Waals surface area contributed by atoms with Gasteiger partial charge in [0.2, 0.25) is 5.91 Å². The molecule has 0 saturated carbocycles. The van der Waals surface area contributed by atoms with Gasteiger partial charge in [-0.25, -0.2) is 4.79 Å². The number of aromatic hydroxyl groups is 1. The van der Waals surface area contributed by atoms with Crippen LogP contribution in [0.3, 0.4) is 0 Å². The van der Waals surface area contributed by atoms with Gasteiger partial charge in [-0.05, 0) is 81.3 Å². The summed E-state index contributed by atoms with van der Waals surface area (Å²) in [5, 5.41) is 18.8. The van der Waals surface area contributed by atoms with Gasteiger partial charge in [-0.3, -0.25) is 9.59 Å². The Morgan fingerprint density at radius 3 is 2.14 bits per heavy atom. The van der Waals surface area contributed by atoms with Crippen LogP contribution in [0.5, 0.6) is 5.75 Å². The van der Waals surface area contributed by atoms with Gasteiger partial charge in [-0.15, -0.1) is 0 Å². The van der Waals surface area contributed by atoms with Gasteiger partial charge >= 0.3 is 6.09 Å². The second-order valence-electron chi connectivity index (χ2n) is 13.1. The molecule has 3 rings (SSSR count). The summed E-state index contributed by atoms with van der Waals surface area (Å²) in [6.45, 7) is 15.3. The highest BCUT2D eigenvalue weighted by Gasteiger charge is 2.41. The maximum absolute atomic E-state index is 14.7. The normalized spacial score (nSPS) is 14.4. The number of para-hydroxylation sites is 1. The first-order valence-corrected chi connectivity index (χ1v) is 15.6. The zero-order valence-electron chi connectivity index (χ0n) is 27.4. The highest BCUT2D eigenvalue weighted by atomic mass is 16.6. The summed E-state index contributed by atoms with van der Waals surface area (Å²) in [4.78, 5) is 43.5. The molecule has 0 bridgehead atoms. The molecule has 8 heteroatoms. The van der Waals surface area contributed by atoms with E-state index < -0.39 is 41.6 Å². The van der Waals surface area contributed by atoms with E-state index in [0.717, 1.165) is 17.2 Å². The number of hydrogen-bond acceptors (Lipinski definition) is 5. The number of ether oxygens (including phenoxy) is 1. The molecule has 3 aromatic carbocycles. The number of nitrogens with zero attached hydrogens (tertiary/aromatic N) is 1. The van der Waals surface area contributed by atoms with E-state index in [1.807, 2.05) is 63.2 Å². The molecule has 0 aromatic heterocycles. The Labute approximate surface area is 262 Å². The quantitative estimate of drug-likeness (QED) is 0.196. The van der Waals surface area contributed by atoms with Gasteiger partial charge in [0.15, 0.2) is 0 Å². The minimum Gasteiger partial charge on any atom is -0.508 e. The molecule has 0 fully saturated rings. The number of rotatable bonds is 12. The van der Waals surface area contributed by atoms with Crippen LogP contribution in [0.1, 0.15) is 86.3 Å². The summed E-state index contributed by atoms with van der Waals surface area (Å²) < 4.78 is 5.52. The van der Waals surface area contributed by atoms with Crippen LogP contribution in [0.4, 0.5) is 10.5 Å². The third kappa shape index (κ3) is 9.21. The molecule has 0 heterocycles. The van der Waals surface area contributed by atoms with Crippen LogP contribution < -0.4 is 10.6 Å². The number of phenols is 1. The third-order valence-electron chi connectivity index (χ3n) is 7.82. The predicted octanol–water partition coefficient (Wildman–Crippen LogP) is 7.82. The molecular weight excluding hydrogens is 554 g/mol. The lowest BCUT2D eigenvalue weighted by Gasteiger charge is -2.40. The molecule has 0 aliphatic heterocycles. The Hall–Kier alpha value is -4.07. The van der Waals surface area contributed by atoms with Crippen molar-refractivity contribution in [1.82, 2.24) is 10.2 Å². The lowest BCUT2D eigenvalue weighted by molar-refractivity contribution is -0.144. The van der Waals surface area contributed by atoms with E-state index in [1.165, 1.54) is 6.07 Å². The molecule has 0 saturated heterocycles. The molecule has 3 N–H and O–H groups in total. The van der Waals surface area contributed by atoms with Crippen molar-refractivity contribution >= 4 is 34.4 Å². The van der Waals surface area contributed by atoms with Gasteiger partial charge < -0.3 is 25.4 Å². The van der Waals surface area contributed by atoms with Crippen LogP contribution in [0.25, 0.3) is 10.8 Å². The van der Waals surface area contributed by atoms with Crippen molar-refractivity contribution in [3.05, 3.63) is 72.3 Å². The van der Waals surface area contributed by atoms with Gasteiger partial charge in [-0.1, -0.05) is 82.6 Å². The molecule has 0 spiro atoms. The molecule has 44 heavy (non-hydrogen) atoms. The number of fused-ring (bicyclic) bond motifs is 1. The first kappa shape index (κ1) is 34.4. The fraction of sp³-hybridized carbons (Fsp3) is 0.472. The second kappa shape index (κ2) is 15.1. The average molecular weight is 604 g/mol. The van der Waals surface area contributed by atoms with Crippen LogP contribution in [-0.2, 0) is 14.3 Å². The van der Waals surface area contributed by atoms with Crippen LogP contribution >= 0.6 is 0 Å². The standard InChI is InChI=1S/C36H49N3O5/c1-9-24(4)31(38-35(43)44-36(6,7)8)34(42)39(25(5)19-18-23(2)3)32(29-16-12-13-17-30(29)40)33(41)37-28-21-20-26-14-10-11-15-27(26)22-28/h10-17,20-25,31-32,40H,9,18-19H2,1-8H3,(H,37,41)(H,38,43). The number of nitrogens with one attached hydrogen (secondary N) is 2. The fourth-order valence-corrected chi connectivity index (χ4v) is 5.20. The third-order valence-corrected chi connectivity index (χ3v) is 7.82. The summed E-state index contributed by atoms with van der Waals surface area (Å²) in [6.07, 6.45) is 1.34. The molecule has 3 amide bonds. The minimum absolute atomic E-state index is 0.0970. The van der Waals surface area contributed by atoms with Crippen LogP contribution in [0, 0.1) is 11.8 Å². The maximum atomic E-state index is 14.7. The number of hydrogen-bond donors (Lipinski definition) is 3. The highest BCUT2D eigenvalue weighted by molar-refractivity contribution is 6.01. The lowest BCUT2D eigenvalue weighted by Crippen LogP contribution is -2.57. The van der Waals surface area contributed by atoms with E-state index >= 15 is 0 Å². The zero-order valence-corrected chi connectivity index (χ0v) is 27.4. The summed E-state index contributed by atoms with van der Waals surface area (Å²) >= 11 is 0. The first-order chi connectivity index (χ1) is 20.7. The van der Waals surface area contributed by atoms with Gasteiger partial charge in [0, 0.05) is 17.3 Å². The number of amides is 3. The molecule has 4 atom stereocenters. The van der Waals surface area contributed by atoms with E-state index in [4.69, 9.17) is 4.74 Å². The molecule has 8 nitrogen and oxygen atoms in total. The van der Waals surface area contributed by atoms with Crippen molar-refractivity contribution in [2.75, 3.05) is 5.32 Å². The molecule has 238 valence electrons. The number of alkyl carbamates (subject to hydrolysis) is 1. The molecule has 0 aliphatic carbocycles. The SMILES string of the molecule is CCC(C)C(NC(=O)OC(C)(C)C)C(=O)N(C(C)CCC(C)C)C(C(=O)Nc1ccc2ccccc2c1)c1ccccc1O. The zero-order chi connectivity index (χ0) is 32.6. The van der Waals surface area contributed by atoms with E-state index in [2.05, 4.69) is 24.5 Å². The van der Waals surface area contributed by atoms with Crippen molar-refractivity contribution in [2.45, 2.75) is 98.4 Å². The molecule has 3 aromatic rings. The number of carbonyl (C=O) groups is 3. The topological polar surface area (TPSA) is 108 Å². The van der Waals surface area contributed by atoms with Crippen LogP contribution in [-0.4, -0.2) is 45.6 Å². The van der Waals surface area contributed by atoms with Crippen molar-refractivity contribution in [3.8, 4) is 5.75 Å². The van der Waals surface area contributed by atoms with Gasteiger partial charge in [0.1, 0.15) is 23.4 Å². The number of anilines is 1. The highest BCUT2D eigenvalue weighted by Crippen LogP contribution is 2.34. The summed E-state index contributed by atoms with van der Waals surface area (Å²) in [6, 6.07) is 17.5. The maximum Gasteiger partial charge on any atom is 0.408 e. The van der Waals surface area contributed by atoms with Crippen LogP contribution in [0.2, 0.25) is 0 Å². The van der Waals surface area contributed by atoms with Gasteiger partial charge in [0.05, 0.1) is 0 Å². The Bertz CT molecular complexity index is 1430. The fourth-order valence-electron chi connectivity index (χ4n) is 5.20. The predicted molar refractivity (Wildman–Crippen MR) is 176 cm³/mol. The smallest absolute Gasteiger partial charge is 0.408 e. The van der Waals surface area contributed by atoms with Crippen molar-refractivity contribution in [3.63, 3.8) is 0 Å². The summed E-state index contributed by atoms with van der Waals surface area (Å²) in [7, 11) is 0. The first-order valence-electron chi connectivity index (χ1n) is 15.6. The average Bonchev–Trinajstić information content (AvgIpc) is 2.96. The molecular formula is C36H49N3O5. The van der Waals surface area contributed by atoms with E-state index in [1.54, 1.807) is 43.9 Å². The molecule has 0 radical (unpaired) electrons. The molecule has 4 unspecified atom stereocenters. The molecule has 0 aliphatic rings. The lowest BCUT2D eigenvalue weighted by atomic mass is 9.93. The second-order valence-corrected chi connectivity index (χ2v) is 13.1.